The molecule has 2 aromatic rings. The minimum Gasteiger partial charge on any atom is -0.475 e. The van der Waals surface area contributed by atoms with Gasteiger partial charge >= 0.3 is 0 Å². The van der Waals surface area contributed by atoms with Crippen LogP contribution in [0.3, 0.4) is 0 Å². The molecule has 1 saturated carbocycles. The maximum absolute atomic E-state index is 14.4. The molecule has 0 unspecified atom stereocenters. The largest absolute Gasteiger partial charge is 0.475 e. The van der Waals surface area contributed by atoms with Crippen LogP contribution < -0.4 is 20.3 Å². The van der Waals surface area contributed by atoms with Crippen LogP contribution in [-0.2, 0) is 16.6 Å². The van der Waals surface area contributed by atoms with E-state index in [0.717, 1.165) is 9.99 Å². The van der Waals surface area contributed by atoms with Gasteiger partial charge in [0.2, 0.25) is 15.9 Å². The molecule has 1 fully saturated rings. The number of nitrogens with one attached hydrogen (secondary N) is 2. The van der Waals surface area contributed by atoms with E-state index in [1.165, 1.54) is 10.6 Å². The van der Waals surface area contributed by atoms with Crippen molar-refractivity contribution in [3.05, 3.63) is 43.5 Å². The van der Waals surface area contributed by atoms with Crippen LogP contribution in [-0.4, -0.2) is 24.8 Å². The third kappa shape index (κ3) is 3.36. The van der Waals surface area contributed by atoms with Crippen LogP contribution in [0.4, 0.5) is 21.5 Å². The number of aromatic nitrogens is 1. The van der Waals surface area contributed by atoms with Crippen molar-refractivity contribution in [1.82, 2.24) is 4.57 Å². The number of ether oxygens (including phenoxy) is 1. The summed E-state index contributed by atoms with van der Waals surface area (Å²) in [4.78, 5) is 12.7. The first-order valence-corrected chi connectivity index (χ1v) is 11.5. The standard InChI is InChI=1S/C18H19FIN3O4S/c1-10-15(21-14-6-5-11(20)9-13(14)19)16(18-23(17(10)24)7-8-27-18)22-28(25,26)12-3-2-4-12/h5-6,9,12,21-22H,2-4,7-8H2,1H3. The van der Waals surface area contributed by atoms with Crippen LogP contribution >= 0.6 is 22.6 Å². The van der Waals surface area contributed by atoms with Crippen molar-refractivity contribution in [2.75, 3.05) is 16.6 Å². The summed E-state index contributed by atoms with van der Waals surface area (Å²) in [5.74, 6) is -0.340. The summed E-state index contributed by atoms with van der Waals surface area (Å²) in [5.41, 5.74) is 0.501. The molecule has 1 aromatic heterocycles. The van der Waals surface area contributed by atoms with Crippen molar-refractivity contribution >= 4 is 49.7 Å². The molecule has 0 amide bonds. The van der Waals surface area contributed by atoms with Gasteiger partial charge in [0.25, 0.3) is 5.56 Å². The zero-order valence-electron chi connectivity index (χ0n) is 15.1. The summed E-state index contributed by atoms with van der Waals surface area (Å²) in [7, 11) is -3.64. The predicted octanol–water partition coefficient (Wildman–Crippen LogP) is 3.33. The first kappa shape index (κ1) is 19.5. The fourth-order valence-corrected chi connectivity index (χ4v) is 5.35. The number of nitrogens with zero attached hydrogens (tertiary/aromatic N) is 1. The Morgan fingerprint density at radius 1 is 1.29 bits per heavy atom. The molecule has 0 spiro atoms. The highest BCUT2D eigenvalue weighted by Crippen LogP contribution is 2.40. The molecule has 10 heteroatoms. The molecular formula is C18H19FIN3O4S. The topological polar surface area (TPSA) is 89.4 Å². The Morgan fingerprint density at radius 3 is 2.68 bits per heavy atom. The van der Waals surface area contributed by atoms with Gasteiger partial charge in [-0.15, -0.1) is 0 Å². The molecule has 150 valence electrons. The number of halogens is 2. The van der Waals surface area contributed by atoms with E-state index in [-0.39, 0.29) is 35.1 Å². The van der Waals surface area contributed by atoms with Gasteiger partial charge in [-0.2, -0.15) is 0 Å². The van der Waals surface area contributed by atoms with Crippen LogP contribution in [0.5, 0.6) is 5.88 Å². The average molecular weight is 519 g/mol. The molecule has 1 aromatic carbocycles. The lowest BCUT2D eigenvalue weighted by molar-refractivity contribution is 0.358. The normalized spacial score (nSPS) is 16.2. The number of rotatable bonds is 5. The quantitative estimate of drug-likeness (QED) is 0.592. The third-order valence-corrected chi connectivity index (χ3v) is 7.64. The van der Waals surface area contributed by atoms with Crippen LogP contribution in [0, 0.1) is 16.3 Å². The Morgan fingerprint density at radius 2 is 2.04 bits per heavy atom. The molecule has 2 N–H and O–H groups in total. The Hall–Kier alpha value is -1.82. The molecule has 0 atom stereocenters. The molecule has 28 heavy (non-hydrogen) atoms. The van der Waals surface area contributed by atoms with Crippen molar-refractivity contribution < 1.29 is 17.5 Å². The molecular weight excluding hydrogens is 500 g/mol. The minimum absolute atomic E-state index is 0.148. The summed E-state index contributed by atoms with van der Waals surface area (Å²) in [5, 5.41) is 2.44. The number of pyridine rings is 1. The summed E-state index contributed by atoms with van der Waals surface area (Å²) >= 11 is 2.00. The minimum atomic E-state index is -3.64. The van der Waals surface area contributed by atoms with Crippen LogP contribution in [0.2, 0.25) is 0 Å². The average Bonchev–Trinajstić information content (AvgIpc) is 3.05. The maximum Gasteiger partial charge on any atom is 0.258 e. The second-order valence-corrected chi connectivity index (χ2v) is 10.1. The van der Waals surface area contributed by atoms with Gasteiger partial charge in [0.05, 0.1) is 23.2 Å². The van der Waals surface area contributed by atoms with Crippen LogP contribution in [0.1, 0.15) is 24.8 Å². The van der Waals surface area contributed by atoms with Gasteiger partial charge in [-0.1, -0.05) is 6.42 Å². The van der Waals surface area contributed by atoms with E-state index in [9.17, 15) is 17.6 Å². The highest BCUT2D eigenvalue weighted by atomic mass is 127. The highest BCUT2D eigenvalue weighted by molar-refractivity contribution is 14.1. The van der Waals surface area contributed by atoms with E-state index in [2.05, 4.69) is 10.0 Å². The molecule has 1 aliphatic carbocycles. The van der Waals surface area contributed by atoms with Crippen molar-refractivity contribution in [3.8, 4) is 5.88 Å². The zero-order valence-corrected chi connectivity index (χ0v) is 18.1. The fraction of sp³-hybridized carbons (Fsp3) is 0.389. The van der Waals surface area contributed by atoms with Gasteiger partial charge in [0, 0.05) is 9.13 Å². The van der Waals surface area contributed by atoms with E-state index in [0.29, 0.717) is 24.9 Å². The number of anilines is 3. The zero-order chi connectivity index (χ0) is 20.1. The summed E-state index contributed by atoms with van der Waals surface area (Å²) < 4.78 is 50.2. The van der Waals surface area contributed by atoms with E-state index in [1.807, 2.05) is 22.6 Å². The summed E-state index contributed by atoms with van der Waals surface area (Å²) in [6, 6.07) is 4.62. The Bertz CT molecular complexity index is 1110. The van der Waals surface area contributed by atoms with E-state index in [4.69, 9.17) is 4.74 Å². The van der Waals surface area contributed by atoms with Gasteiger partial charge in [-0.25, -0.2) is 12.8 Å². The van der Waals surface area contributed by atoms with Crippen molar-refractivity contribution in [3.63, 3.8) is 0 Å². The van der Waals surface area contributed by atoms with E-state index < -0.39 is 21.1 Å². The van der Waals surface area contributed by atoms with Gasteiger partial charge < -0.3 is 10.1 Å². The number of sulfonamides is 1. The summed E-state index contributed by atoms with van der Waals surface area (Å²) in [6.45, 7) is 2.20. The number of fused-ring (bicyclic) bond motifs is 1. The monoisotopic (exact) mass is 519 g/mol. The molecule has 0 bridgehead atoms. The van der Waals surface area contributed by atoms with Crippen LogP contribution in [0.15, 0.2) is 23.0 Å². The second-order valence-electron chi connectivity index (χ2n) is 6.93. The van der Waals surface area contributed by atoms with Gasteiger partial charge in [0.1, 0.15) is 18.1 Å². The van der Waals surface area contributed by atoms with Gasteiger partial charge in [0.15, 0.2) is 0 Å². The molecule has 0 saturated heterocycles. The fourth-order valence-electron chi connectivity index (χ4n) is 3.30. The van der Waals surface area contributed by atoms with Crippen molar-refractivity contribution in [2.24, 2.45) is 0 Å². The first-order chi connectivity index (χ1) is 13.3. The van der Waals surface area contributed by atoms with Crippen molar-refractivity contribution in [2.45, 2.75) is 38.0 Å². The third-order valence-electron chi connectivity index (χ3n) is 5.13. The Balaban J connectivity index is 1.84. The lowest BCUT2D eigenvalue weighted by atomic mass is 10.0. The predicted molar refractivity (Wildman–Crippen MR) is 114 cm³/mol. The molecule has 0 radical (unpaired) electrons. The molecule has 7 nitrogen and oxygen atoms in total. The Kier molecular flexibility index (Phi) is 5.02. The lowest BCUT2D eigenvalue weighted by Gasteiger charge is -2.27. The molecule has 2 aliphatic rings. The number of hydrogen-bond donors (Lipinski definition) is 2. The highest BCUT2D eigenvalue weighted by Gasteiger charge is 2.34. The summed E-state index contributed by atoms with van der Waals surface area (Å²) in [6.07, 6.45) is 2.06. The first-order valence-electron chi connectivity index (χ1n) is 8.92. The van der Waals surface area contributed by atoms with E-state index in [1.54, 1.807) is 19.1 Å². The van der Waals surface area contributed by atoms with E-state index >= 15 is 0 Å². The molecule has 1 aliphatic heterocycles. The van der Waals surface area contributed by atoms with Crippen LogP contribution in [0.25, 0.3) is 0 Å². The number of hydrogen-bond acceptors (Lipinski definition) is 5. The molecule has 4 rings (SSSR count). The number of benzene rings is 1. The SMILES string of the molecule is Cc1c(Nc2ccc(I)cc2F)c(NS(=O)(=O)C2CCC2)c2n(c1=O)CCO2. The molecule has 2 heterocycles. The van der Waals surface area contributed by atoms with Crippen molar-refractivity contribution in [1.29, 1.82) is 0 Å². The maximum atomic E-state index is 14.4. The van der Waals surface area contributed by atoms with Gasteiger partial charge in [-0.05, 0) is 60.6 Å². The smallest absolute Gasteiger partial charge is 0.258 e. The lowest BCUT2D eigenvalue weighted by Crippen LogP contribution is -2.34. The second kappa shape index (κ2) is 7.21. The Labute approximate surface area is 175 Å². The van der Waals surface area contributed by atoms with Gasteiger partial charge in [-0.3, -0.25) is 14.1 Å².